The van der Waals surface area contributed by atoms with Crippen LogP contribution in [-0.4, -0.2) is 26.2 Å². The highest BCUT2D eigenvalue weighted by Gasteiger charge is 2.61. The number of hydrogen-bond acceptors (Lipinski definition) is 3. The van der Waals surface area contributed by atoms with Crippen molar-refractivity contribution in [2.45, 2.75) is 44.4 Å². The van der Waals surface area contributed by atoms with Gasteiger partial charge in [0.15, 0.2) is 5.82 Å². The van der Waals surface area contributed by atoms with Gasteiger partial charge in [0.25, 0.3) is 0 Å². The molecule has 2 heterocycles. The number of benzene rings is 1. The summed E-state index contributed by atoms with van der Waals surface area (Å²) >= 11 is 0. The molecule has 3 N–H and O–H groups in total. The number of alkyl halides is 3. The van der Waals surface area contributed by atoms with E-state index in [1.165, 1.54) is 18.2 Å². The molecule has 3 aromatic rings. The average molecular weight is 400 g/mol. The smallest absolute Gasteiger partial charge is 0.370 e. The first-order valence-electron chi connectivity index (χ1n) is 9.30. The third-order valence-electron chi connectivity index (χ3n) is 5.60. The van der Waals surface area contributed by atoms with E-state index in [-0.39, 0.29) is 28.1 Å². The maximum atomic E-state index is 14.4. The van der Waals surface area contributed by atoms with Gasteiger partial charge >= 0.3 is 6.18 Å². The van der Waals surface area contributed by atoms with Crippen LogP contribution in [0.3, 0.4) is 0 Å². The summed E-state index contributed by atoms with van der Waals surface area (Å²) in [4.78, 5) is 9.70. The van der Waals surface area contributed by atoms with E-state index >= 15 is 0 Å². The summed E-state index contributed by atoms with van der Waals surface area (Å²) in [5.74, 6) is -0.581. The fourth-order valence-electron chi connectivity index (χ4n) is 4.19. The molecule has 5 nitrogen and oxygen atoms in total. The molecule has 4 rings (SSSR count). The number of rotatable bonds is 3. The van der Waals surface area contributed by atoms with Crippen LogP contribution in [0.4, 0.5) is 13.2 Å². The first-order valence-corrected chi connectivity index (χ1v) is 9.30. The van der Waals surface area contributed by atoms with Gasteiger partial charge in [0, 0.05) is 28.9 Å². The largest absolute Gasteiger partial charge is 0.428 e. The molecular weight excluding hydrogens is 381 g/mol. The quantitative estimate of drug-likeness (QED) is 0.585. The maximum Gasteiger partial charge on any atom is 0.428 e. The van der Waals surface area contributed by atoms with Gasteiger partial charge in [0.1, 0.15) is 0 Å². The van der Waals surface area contributed by atoms with Gasteiger partial charge in [0.05, 0.1) is 22.7 Å². The molecule has 29 heavy (non-hydrogen) atoms. The summed E-state index contributed by atoms with van der Waals surface area (Å²) in [5.41, 5.74) is -1.10. The number of aromatic nitrogens is 3. The minimum atomic E-state index is -5.01. The topological polar surface area (TPSA) is 88.5 Å². The fourth-order valence-corrected chi connectivity index (χ4v) is 4.19. The highest BCUT2D eigenvalue weighted by molar-refractivity contribution is 5.82. The molecule has 0 saturated heterocycles. The number of fused-ring (bicyclic) bond motifs is 2. The van der Waals surface area contributed by atoms with Gasteiger partial charge in [-0.25, -0.2) is 4.98 Å². The molecule has 1 aromatic carbocycles. The van der Waals surface area contributed by atoms with Gasteiger partial charge in [0.2, 0.25) is 5.60 Å². The van der Waals surface area contributed by atoms with Gasteiger partial charge < -0.3 is 15.1 Å². The monoisotopic (exact) mass is 400 g/mol. The summed E-state index contributed by atoms with van der Waals surface area (Å²) in [6.45, 7) is 3.73. The lowest BCUT2D eigenvalue weighted by atomic mass is 9.74. The molecule has 1 aliphatic rings. The molecule has 2 unspecified atom stereocenters. The Balaban J connectivity index is 2.02. The SMILES string of the molecule is CCC1=C(C(O)(c2nc3ccc(C#N)cc3[nH]2)C(F)(F)F)c2cc[nH]c2C(C)C1. The number of imidazole rings is 1. The van der Waals surface area contributed by atoms with Crippen molar-refractivity contribution in [1.29, 1.82) is 5.26 Å². The zero-order valence-electron chi connectivity index (χ0n) is 15.9. The summed E-state index contributed by atoms with van der Waals surface area (Å²) in [5, 5.41) is 20.3. The predicted molar refractivity (Wildman–Crippen MR) is 102 cm³/mol. The van der Waals surface area contributed by atoms with Crippen molar-refractivity contribution < 1.29 is 18.3 Å². The Hall–Kier alpha value is -3.05. The molecule has 2 atom stereocenters. The molecule has 0 amide bonds. The molecular formula is C21H19F3N4O. The molecule has 8 heteroatoms. The number of nitriles is 1. The lowest BCUT2D eigenvalue weighted by molar-refractivity contribution is -0.243. The van der Waals surface area contributed by atoms with Crippen LogP contribution >= 0.6 is 0 Å². The second-order valence-electron chi connectivity index (χ2n) is 7.38. The van der Waals surface area contributed by atoms with Crippen LogP contribution in [0.15, 0.2) is 36.0 Å². The Kier molecular flexibility index (Phi) is 4.32. The molecule has 0 saturated carbocycles. The predicted octanol–water partition coefficient (Wildman–Crippen LogP) is 4.88. The van der Waals surface area contributed by atoms with Crippen LogP contribution in [0.1, 0.15) is 55.3 Å². The number of aromatic amines is 2. The molecule has 0 radical (unpaired) electrons. The second kappa shape index (κ2) is 6.49. The van der Waals surface area contributed by atoms with E-state index in [1.54, 1.807) is 19.2 Å². The summed E-state index contributed by atoms with van der Waals surface area (Å²) < 4.78 is 43.3. The van der Waals surface area contributed by atoms with E-state index in [0.717, 1.165) is 0 Å². The highest BCUT2D eigenvalue weighted by Crippen LogP contribution is 2.53. The number of nitrogens with one attached hydrogen (secondary N) is 2. The summed E-state index contributed by atoms with van der Waals surface area (Å²) in [6, 6.07) is 7.87. The van der Waals surface area contributed by atoms with Crippen LogP contribution in [0.5, 0.6) is 0 Å². The Labute approximate surface area is 164 Å². The Morgan fingerprint density at radius 3 is 2.72 bits per heavy atom. The summed E-state index contributed by atoms with van der Waals surface area (Å²) in [6.07, 6.45) is -2.63. The van der Waals surface area contributed by atoms with E-state index in [0.29, 0.717) is 29.7 Å². The van der Waals surface area contributed by atoms with Crippen molar-refractivity contribution in [3.05, 3.63) is 58.7 Å². The zero-order chi connectivity index (χ0) is 21.0. The van der Waals surface area contributed by atoms with Crippen molar-refractivity contribution in [2.75, 3.05) is 0 Å². The minimum absolute atomic E-state index is 0.0186. The van der Waals surface area contributed by atoms with Gasteiger partial charge in [-0.2, -0.15) is 18.4 Å². The van der Waals surface area contributed by atoms with Crippen LogP contribution in [0, 0.1) is 11.3 Å². The number of allylic oxidation sites excluding steroid dienone is 1. The molecule has 1 aliphatic carbocycles. The lowest BCUT2D eigenvalue weighted by Crippen LogP contribution is -2.45. The van der Waals surface area contributed by atoms with Crippen molar-refractivity contribution in [2.24, 2.45) is 0 Å². The van der Waals surface area contributed by atoms with Crippen LogP contribution in [-0.2, 0) is 5.60 Å². The van der Waals surface area contributed by atoms with E-state index in [4.69, 9.17) is 5.26 Å². The molecule has 150 valence electrons. The van der Waals surface area contributed by atoms with Crippen molar-refractivity contribution in [1.82, 2.24) is 15.0 Å². The zero-order valence-corrected chi connectivity index (χ0v) is 15.9. The maximum absolute atomic E-state index is 14.4. The lowest BCUT2D eigenvalue weighted by Gasteiger charge is -2.36. The third-order valence-corrected chi connectivity index (χ3v) is 5.60. The second-order valence-corrected chi connectivity index (χ2v) is 7.38. The number of hydrogen-bond donors (Lipinski definition) is 3. The van der Waals surface area contributed by atoms with E-state index in [2.05, 4.69) is 15.0 Å². The van der Waals surface area contributed by atoms with Gasteiger partial charge in [-0.05, 0) is 37.1 Å². The number of aliphatic hydroxyl groups is 1. The normalized spacial score (nSPS) is 19.1. The standard InChI is InChI=1S/C21H19F3N4O/c1-3-13-8-11(2)18-14(6-7-26-18)17(13)20(29,21(22,23)24)19-27-15-5-4-12(10-25)9-16(15)28-19/h4-7,9,11,26,29H,3,8H2,1-2H3,(H,27,28). The third kappa shape index (κ3) is 2.76. The molecule has 0 aliphatic heterocycles. The number of nitrogens with zero attached hydrogens (tertiary/aromatic N) is 2. The van der Waals surface area contributed by atoms with E-state index in [9.17, 15) is 18.3 Å². The van der Waals surface area contributed by atoms with E-state index < -0.39 is 17.6 Å². The fraction of sp³-hybridized carbons (Fsp3) is 0.333. The Bertz CT molecular complexity index is 1160. The first kappa shape index (κ1) is 19.3. The highest BCUT2D eigenvalue weighted by atomic mass is 19.4. The van der Waals surface area contributed by atoms with Gasteiger partial charge in [-0.1, -0.05) is 19.4 Å². The van der Waals surface area contributed by atoms with Crippen LogP contribution in [0.25, 0.3) is 16.6 Å². The molecule has 2 aromatic heterocycles. The average Bonchev–Trinajstić information content (AvgIpc) is 3.33. The number of halogens is 3. The minimum Gasteiger partial charge on any atom is -0.370 e. The Morgan fingerprint density at radius 1 is 1.31 bits per heavy atom. The number of H-pyrrole nitrogens is 2. The van der Waals surface area contributed by atoms with Crippen LogP contribution < -0.4 is 0 Å². The van der Waals surface area contributed by atoms with E-state index in [1.807, 2.05) is 13.0 Å². The van der Waals surface area contributed by atoms with Gasteiger partial charge in [-0.15, -0.1) is 0 Å². The van der Waals surface area contributed by atoms with Gasteiger partial charge in [-0.3, -0.25) is 0 Å². The first-order chi connectivity index (χ1) is 13.7. The van der Waals surface area contributed by atoms with Crippen molar-refractivity contribution in [3.63, 3.8) is 0 Å². The Morgan fingerprint density at radius 2 is 2.07 bits per heavy atom. The molecule has 0 bridgehead atoms. The van der Waals surface area contributed by atoms with Crippen molar-refractivity contribution in [3.8, 4) is 6.07 Å². The summed E-state index contributed by atoms with van der Waals surface area (Å²) in [7, 11) is 0. The molecule has 0 fully saturated rings. The van der Waals surface area contributed by atoms with Crippen LogP contribution in [0.2, 0.25) is 0 Å². The molecule has 0 spiro atoms. The van der Waals surface area contributed by atoms with Crippen molar-refractivity contribution >= 4 is 16.6 Å².